The lowest BCUT2D eigenvalue weighted by molar-refractivity contribution is 0.0674. The van der Waals surface area contributed by atoms with Gasteiger partial charge >= 0.3 is 0 Å². The molecule has 2 aliphatic heterocycles. The molecular weight excluding hydrogens is 316 g/mol. The molecule has 2 aliphatic rings. The van der Waals surface area contributed by atoms with E-state index in [0.717, 1.165) is 17.7 Å². The number of sulfonamides is 1. The van der Waals surface area contributed by atoms with Gasteiger partial charge in [-0.2, -0.15) is 0 Å². The molecule has 0 amide bonds. The zero-order valence-corrected chi connectivity index (χ0v) is 13.8. The van der Waals surface area contributed by atoms with Crippen LogP contribution in [0.15, 0.2) is 29.3 Å². The second-order valence-corrected chi connectivity index (χ2v) is 7.62. The number of guanidine groups is 1. The number of anilines is 1. The zero-order valence-electron chi connectivity index (χ0n) is 13.0. The number of hydrogen-bond acceptors (Lipinski definition) is 4. The van der Waals surface area contributed by atoms with Gasteiger partial charge in [0.05, 0.1) is 31.2 Å². The molecule has 1 aromatic carbocycles. The number of aliphatic imine (C=N–C) groups is 1. The predicted octanol–water partition coefficient (Wildman–Crippen LogP) is 0.0258. The number of ether oxygens (including phenoxy) is 1. The van der Waals surface area contributed by atoms with Gasteiger partial charge in [0, 0.05) is 19.6 Å². The Morgan fingerprint density at radius 2 is 1.96 bits per heavy atom. The van der Waals surface area contributed by atoms with Crippen molar-refractivity contribution < 1.29 is 13.2 Å². The van der Waals surface area contributed by atoms with E-state index in [1.54, 1.807) is 0 Å². The Hall–Kier alpha value is -1.80. The van der Waals surface area contributed by atoms with Gasteiger partial charge in [-0.25, -0.2) is 8.42 Å². The lowest BCUT2D eigenvalue weighted by Crippen LogP contribution is -2.45. The van der Waals surface area contributed by atoms with Crippen molar-refractivity contribution in [1.82, 2.24) is 4.90 Å². The van der Waals surface area contributed by atoms with Gasteiger partial charge in [-0.05, 0) is 18.1 Å². The predicted molar refractivity (Wildman–Crippen MR) is 90.2 cm³/mol. The minimum Gasteiger partial charge on any atom is -0.378 e. The Labute approximate surface area is 136 Å². The van der Waals surface area contributed by atoms with E-state index < -0.39 is 10.0 Å². The summed E-state index contributed by atoms with van der Waals surface area (Å²) in [7, 11) is -3.37. The third kappa shape index (κ3) is 3.59. The van der Waals surface area contributed by atoms with Crippen molar-refractivity contribution >= 4 is 21.7 Å². The highest BCUT2D eigenvalue weighted by Gasteiger charge is 2.28. The summed E-state index contributed by atoms with van der Waals surface area (Å²) in [5, 5.41) is 0. The number of fused-ring (bicyclic) bond motifs is 1. The second-order valence-electron chi connectivity index (χ2n) is 5.61. The highest BCUT2D eigenvalue weighted by Crippen LogP contribution is 2.29. The first-order valence-electron chi connectivity index (χ1n) is 7.79. The molecule has 0 radical (unpaired) electrons. The van der Waals surface area contributed by atoms with Gasteiger partial charge in [0.15, 0.2) is 5.96 Å². The van der Waals surface area contributed by atoms with Crippen LogP contribution in [0.25, 0.3) is 0 Å². The summed E-state index contributed by atoms with van der Waals surface area (Å²) in [6.45, 7) is 3.32. The Balaban J connectivity index is 1.61. The topological polar surface area (TPSA) is 88.2 Å². The third-order valence-electron chi connectivity index (χ3n) is 4.14. The van der Waals surface area contributed by atoms with Crippen LogP contribution >= 0.6 is 0 Å². The fraction of sp³-hybridized carbons (Fsp3) is 0.533. The fourth-order valence-corrected chi connectivity index (χ4v) is 4.26. The van der Waals surface area contributed by atoms with Gasteiger partial charge in [0.25, 0.3) is 0 Å². The first-order valence-corrected chi connectivity index (χ1v) is 9.40. The van der Waals surface area contributed by atoms with E-state index in [1.807, 2.05) is 29.2 Å². The third-order valence-corrected chi connectivity index (χ3v) is 5.89. The monoisotopic (exact) mass is 338 g/mol. The number of benzene rings is 1. The lowest BCUT2D eigenvalue weighted by Gasteiger charge is -2.27. The minimum atomic E-state index is -3.37. The standard InChI is InChI=1S/C15H22N4O3S/c16-15(18-8-10-22-11-9-18)17-6-12-23(20,21)19-7-5-13-3-1-2-4-14(13)19/h1-4H,5-12H2,(H2,16,17). The van der Waals surface area contributed by atoms with Crippen LogP contribution in [0.5, 0.6) is 0 Å². The number of rotatable bonds is 4. The summed E-state index contributed by atoms with van der Waals surface area (Å²) in [4.78, 5) is 6.14. The van der Waals surface area contributed by atoms with Gasteiger partial charge in [0.1, 0.15) is 0 Å². The largest absolute Gasteiger partial charge is 0.378 e. The fourth-order valence-electron chi connectivity index (χ4n) is 2.88. The van der Waals surface area contributed by atoms with Crippen LogP contribution in [-0.4, -0.2) is 64.4 Å². The van der Waals surface area contributed by atoms with Crippen LogP contribution in [-0.2, 0) is 21.2 Å². The zero-order chi connectivity index (χ0) is 16.3. The summed E-state index contributed by atoms with van der Waals surface area (Å²) in [6.07, 6.45) is 0.759. The van der Waals surface area contributed by atoms with Gasteiger partial charge < -0.3 is 15.4 Å². The summed E-state index contributed by atoms with van der Waals surface area (Å²) in [5.74, 6) is 0.358. The smallest absolute Gasteiger partial charge is 0.237 e. The molecule has 2 N–H and O–H groups in total. The summed E-state index contributed by atoms with van der Waals surface area (Å²) >= 11 is 0. The Morgan fingerprint density at radius 1 is 1.22 bits per heavy atom. The summed E-state index contributed by atoms with van der Waals surface area (Å²) < 4.78 is 31.8. The van der Waals surface area contributed by atoms with Crippen molar-refractivity contribution in [3.05, 3.63) is 29.8 Å². The van der Waals surface area contributed by atoms with Crippen molar-refractivity contribution in [1.29, 1.82) is 0 Å². The Bertz CT molecular complexity index is 684. The minimum absolute atomic E-state index is 0.0353. The highest BCUT2D eigenvalue weighted by atomic mass is 32.2. The molecule has 2 heterocycles. The van der Waals surface area contributed by atoms with Crippen LogP contribution in [0.2, 0.25) is 0 Å². The summed E-state index contributed by atoms with van der Waals surface area (Å²) in [5.41, 5.74) is 7.79. The Morgan fingerprint density at radius 3 is 2.74 bits per heavy atom. The van der Waals surface area contributed by atoms with Gasteiger partial charge in [-0.1, -0.05) is 18.2 Å². The molecule has 1 fully saturated rings. The summed E-state index contributed by atoms with van der Waals surface area (Å²) in [6, 6.07) is 7.62. The molecule has 1 aromatic rings. The van der Waals surface area contributed by atoms with E-state index in [4.69, 9.17) is 10.5 Å². The average molecular weight is 338 g/mol. The van der Waals surface area contributed by atoms with E-state index in [1.165, 1.54) is 4.31 Å². The van der Waals surface area contributed by atoms with Gasteiger partial charge in [0.2, 0.25) is 10.0 Å². The van der Waals surface area contributed by atoms with Crippen molar-refractivity contribution in [2.45, 2.75) is 6.42 Å². The maximum atomic E-state index is 12.5. The number of para-hydroxylation sites is 1. The SMILES string of the molecule is NC(=NCCS(=O)(=O)N1CCc2ccccc21)N1CCOCC1. The number of morpholine rings is 1. The van der Waals surface area contributed by atoms with Crippen molar-refractivity contribution in [3.63, 3.8) is 0 Å². The molecule has 126 valence electrons. The molecule has 3 rings (SSSR count). The first kappa shape index (κ1) is 16.1. The number of hydrogen-bond donors (Lipinski definition) is 1. The van der Waals surface area contributed by atoms with E-state index >= 15 is 0 Å². The average Bonchev–Trinajstić information content (AvgIpc) is 3.00. The van der Waals surface area contributed by atoms with Gasteiger partial charge in [-0.3, -0.25) is 9.30 Å². The van der Waals surface area contributed by atoms with E-state index in [0.29, 0.717) is 38.8 Å². The molecule has 0 saturated carbocycles. The Kier molecular flexibility index (Phi) is 4.72. The van der Waals surface area contributed by atoms with E-state index in [-0.39, 0.29) is 12.3 Å². The van der Waals surface area contributed by atoms with Crippen molar-refractivity contribution in [2.75, 3.05) is 49.5 Å². The van der Waals surface area contributed by atoms with Crippen LogP contribution < -0.4 is 10.0 Å². The lowest BCUT2D eigenvalue weighted by atomic mass is 10.2. The molecule has 0 aromatic heterocycles. The van der Waals surface area contributed by atoms with E-state index in [2.05, 4.69) is 4.99 Å². The van der Waals surface area contributed by atoms with Gasteiger partial charge in [-0.15, -0.1) is 0 Å². The molecule has 7 nitrogen and oxygen atoms in total. The maximum absolute atomic E-state index is 12.5. The van der Waals surface area contributed by atoms with Crippen molar-refractivity contribution in [3.8, 4) is 0 Å². The molecule has 0 bridgehead atoms. The number of nitrogens with zero attached hydrogens (tertiary/aromatic N) is 3. The van der Waals surface area contributed by atoms with Crippen LogP contribution in [0, 0.1) is 0 Å². The molecule has 1 saturated heterocycles. The van der Waals surface area contributed by atoms with Crippen LogP contribution in [0.3, 0.4) is 0 Å². The maximum Gasteiger partial charge on any atom is 0.237 e. The molecule has 0 aliphatic carbocycles. The quantitative estimate of drug-likeness (QED) is 0.618. The molecule has 0 unspecified atom stereocenters. The van der Waals surface area contributed by atoms with Crippen molar-refractivity contribution in [2.24, 2.45) is 10.7 Å². The molecule has 23 heavy (non-hydrogen) atoms. The van der Waals surface area contributed by atoms with Crippen LogP contribution in [0.4, 0.5) is 5.69 Å². The van der Waals surface area contributed by atoms with E-state index in [9.17, 15) is 8.42 Å². The second kappa shape index (κ2) is 6.76. The molecule has 8 heteroatoms. The molecule has 0 atom stereocenters. The highest BCUT2D eigenvalue weighted by molar-refractivity contribution is 7.92. The van der Waals surface area contributed by atoms with Crippen LogP contribution in [0.1, 0.15) is 5.56 Å². The molecular formula is C15H22N4O3S. The normalized spacial score (nSPS) is 19.0. The molecule has 0 spiro atoms. The number of nitrogens with two attached hydrogens (primary N) is 1. The first-order chi connectivity index (χ1) is 11.1.